The van der Waals surface area contributed by atoms with Crippen LogP contribution in [-0.4, -0.2) is 48.0 Å². The summed E-state index contributed by atoms with van der Waals surface area (Å²) in [6.07, 6.45) is 4.09. The largest absolute Gasteiger partial charge is 0.457 e. The molecule has 0 bridgehead atoms. The van der Waals surface area contributed by atoms with Gasteiger partial charge in [-0.2, -0.15) is 0 Å². The molecule has 1 unspecified atom stereocenters. The van der Waals surface area contributed by atoms with Gasteiger partial charge in [-0.15, -0.1) is 11.3 Å². The van der Waals surface area contributed by atoms with Gasteiger partial charge in [0.05, 0.1) is 22.4 Å². The predicted molar refractivity (Wildman–Crippen MR) is 161 cm³/mol. The zero-order valence-electron chi connectivity index (χ0n) is 23.2. The Morgan fingerprint density at radius 3 is 2.77 bits per heavy atom. The summed E-state index contributed by atoms with van der Waals surface area (Å²) < 4.78 is 6.29. The maximum atomic E-state index is 13.6. The SMILES string of the molecule is CCN(C)CC(C)NC(=O)c1sc2nccc3c2c1NC(=O)N3c1ccc(Oc2ccccc2C2CC2)cc1C. The van der Waals surface area contributed by atoms with Crippen molar-refractivity contribution in [3.05, 3.63) is 70.7 Å². The number of hydrogen-bond donors (Lipinski definition) is 2. The Morgan fingerprint density at radius 2 is 2.02 bits per heavy atom. The van der Waals surface area contributed by atoms with Crippen LogP contribution in [0.1, 0.15) is 53.4 Å². The van der Waals surface area contributed by atoms with Crippen molar-refractivity contribution >= 4 is 50.6 Å². The number of para-hydroxylation sites is 1. The summed E-state index contributed by atoms with van der Waals surface area (Å²) in [5, 5.41) is 6.83. The maximum Gasteiger partial charge on any atom is 0.331 e. The number of pyridine rings is 1. The number of urea groups is 1. The summed E-state index contributed by atoms with van der Waals surface area (Å²) in [7, 11) is 2.02. The highest BCUT2D eigenvalue weighted by atomic mass is 32.1. The number of aromatic nitrogens is 1. The summed E-state index contributed by atoms with van der Waals surface area (Å²) in [6, 6.07) is 15.4. The zero-order chi connectivity index (χ0) is 28.0. The average molecular weight is 556 g/mol. The van der Waals surface area contributed by atoms with Crippen LogP contribution >= 0.6 is 11.3 Å². The molecule has 0 spiro atoms. The Hall–Kier alpha value is -3.95. The second kappa shape index (κ2) is 10.6. The van der Waals surface area contributed by atoms with Crippen LogP contribution in [0.4, 0.5) is 21.9 Å². The van der Waals surface area contributed by atoms with E-state index < -0.39 is 0 Å². The number of ether oxygens (including phenoxy) is 1. The molecule has 2 aliphatic rings. The summed E-state index contributed by atoms with van der Waals surface area (Å²) in [6.45, 7) is 7.66. The van der Waals surface area contributed by atoms with Crippen LogP contribution in [0.25, 0.3) is 10.2 Å². The molecule has 40 heavy (non-hydrogen) atoms. The number of nitrogens with one attached hydrogen (secondary N) is 2. The van der Waals surface area contributed by atoms with Crippen molar-refractivity contribution in [3.63, 3.8) is 0 Å². The van der Waals surface area contributed by atoms with Crippen molar-refractivity contribution in [1.82, 2.24) is 15.2 Å². The lowest BCUT2D eigenvalue weighted by Crippen LogP contribution is -2.41. The quantitative estimate of drug-likeness (QED) is 0.232. The number of benzene rings is 2. The summed E-state index contributed by atoms with van der Waals surface area (Å²) in [5.74, 6) is 1.98. The van der Waals surface area contributed by atoms with E-state index in [1.165, 1.54) is 29.7 Å². The minimum absolute atomic E-state index is 0.0438. The number of nitrogens with zero attached hydrogens (tertiary/aromatic N) is 3. The first-order valence-corrected chi connectivity index (χ1v) is 14.5. The van der Waals surface area contributed by atoms with Crippen molar-refractivity contribution in [3.8, 4) is 11.5 Å². The molecular weight excluding hydrogens is 522 g/mol. The lowest BCUT2D eigenvalue weighted by atomic mass is 10.1. The number of carbonyl (C=O) groups excluding carboxylic acids is 2. The molecule has 206 valence electrons. The molecule has 4 aromatic rings. The van der Waals surface area contributed by atoms with E-state index in [0.717, 1.165) is 41.2 Å². The van der Waals surface area contributed by atoms with Gasteiger partial charge in [0.25, 0.3) is 5.91 Å². The maximum absolute atomic E-state index is 13.6. The number of aryl methyl sites for hydroxylation is 1. The average Bonchev–Trinajstić information content (AvgIpc) is 3.71. The Balaban J connectivity index is 1.30. The third kappa shape index (κ3) is 4.91. The molecule has 2 N–H and O–H groups in total. The van der Waals surface area contributed by atoms with Crippen molar-refractivity contribution in [2.24, 2.45) is 0 Å². The topological polar surface area (TPSA) is 86.8 Å². The van der Waals surface area contributed by atoms with Gasteiger partial charge in [0.1, 0.15) is 21.2 Å². The third-order valence-corrected chi connectivity index (χ3v) is 8.62. The van der Waals surface area contributed by atoms with E-state index >= 15 is 0 Å². The van der Waals surface area contributed by atoms with E-state index in [1.54, 1.807) is 11.1 Å². The number of rotatable bonds is 9. The molecule has 1 aliphatic carbocycles. The molecule has 2 aromatic heterocycles. The fourth-order valence-electron chi connectivity index (χ4n) is 5.29. The van der Waals surface area contributed by atoms with E-state index in [0.29, 0.717) is 27.0 Å². The minimum atomic E-state index is -0.318. The van der Waals surface area contributed by atoms with Gasteiger partial charge < -0.3 is 20.3 Å². The Bertz CT molecular complexity index is 1610. The highest BCUT2D eigenvalue weighted by molar-refractivity contribution is 7.21. The molecule has 3 amide bonds. The number of amides is 3. The van der Waals surface area contributed by atoms with E-state index in [9.17, 15) is 9.59 Å². The van der Waals surface area contributed by atoms with E-state index in [1.807, 2.05) is 57.3 Å². The lowest BCUT2D eigenvalue weighted by Gasteiger charge is -2.29. The van der Waals surface area contributed by atoms with Crippen molar-refractivity contribution in [2.75, 3.05) is 30.4 Å². The fraction of sp³-hybridized carbons (Fsp3) is 0.323. The van der Waals surface area contributed by atoms with Gasteiger partial charge in [-0.1, -0.05) is 25.1 Å². The number of likely N-dealkylation sites (N-methyl/N-ethyl adjacent to an activating group) is 1. The first-order valence-electron chi connectivity index (χ1n) is 13.7. The van der Waals surface area contributed by atoms with Crippen LogP contribution in [0.15, 0.2) is 54.7 Å². The van der Waals surface area contributed by atoms with Crippen LogP contribution in [-0.2, 0) is 0 Å². The number of hydrogen-bond acceptors (Lipinski definition) is 6. The molecule has 1 atom stereocenters. The van der Waals surface area contributed by atoms with Crippen molar-refractivity contribution in [2.45, 2.75) is 45.6 Å². The molecule has 6 rings (SSSR count). The first kappa shape index (κ1) is 26.3. The smallest absolute Gasteiger partial charge is 0.331 e. The third-order valence-electron chi connectivity index (χ3n) is 7.53. The van der Waals surface area contributed by atoms with Gasteiger partial charge in [0.2, 0.25) is 0 Å². The Kier molecular flexibility index (Phi) is 6.93. The molecule has 0 radical (unpaired) electrons. The summed E-state index contributed by atoms with van der Waals surface area (Å²) in [4.78, 5) is 36.3. The number of carbonyl (C=O) groups is 2. The zero-order valence-corrected chi connectivity index (χ0v) is 24.0. The molecule has 9 heteroatoms. The van der Waals surface area contributed by atoms with Crippen LogP contribution in [0, 0.1) is 6.92 Å². The second-order valence-electron chi connectivity index (χ2n) is 10.7. The Labute approximate surface area is 238 Å². The Morgan fingerprint density at radius 1 is 1.23 bits per heavy atom. The molecule has 0 saturated heterocycles. The minimum Gasteiger partial charge on any atom is -0.457 e. The molecule has 1 fully saturated rings. The molecular formula is C31H33N5O3S. The lowest BCUT2D eigenvalue weighted by molar-refractivity contribution is 0.0937. The van der Waals surface area contributed by atoms with Crippen LogP contribution in [0.5, 0.6) is 11.5 Å². The number of anilines is 3. The standard InChI is InChI=1S/C31H33N5O3S/c1-5-35(4)17-19(3)33-29(37)28-27-26-24(14-15-32-30(26)40-28)36(31(38)34-27)23-13-12-21(16-18(23)2)39-25-9-7-6-8-22(25)20-10-11-20/h6-9,12-16,19-20H,5,10-11,17H2,1-4H3,(H,33,37)(H,34,38). The van der Waals surface area contributed by atoms with Gasteiger partial charge in [-0.25, -0.2) is 9.78 Å². The summed E-state index contributed by atoms with van der Waals surface area (Å²) >= 11 is 1.30. The molecule has 1 saturated carbocycles. The predicted octanol–water partition coefficient (Wildman–Crippen LogP) is 7.03. The molecule has 8 nitrogen and oxygen atoms in total. The van der Waals surface area contributed by atoms with Crippen LogP contribution in [0.2, 0.25) is 0 Å². The molecule has 3 heterocycles. The van der Waals surface area contributed by atoms with E-state index in [4.69, 9.17) is 4.74 Å². The first-order chi connectivity index (χ1) is 19.3. The summed E-state index contributed by atoms with van der Waals surface area (Å²) in [5.41, 5.74) is 4.11. The van der Waals surface area contributed by atoms with Crippen molar-refractivity contribution in [1.29, 1.82) is 0 Å². The molecule has 2 aromatic carbocycles. The highest BCUT2D eigenvalue weighted by Gasteiger charge is 2.33. The van der Waals surface area contributed by atoms with Crippen LogP contribution < -0.4 is 20.3 Å². The van der Waals surface area contributed by atoms with Gasteiger partial charge in [-0.05, 0) is 87.7 Å². The van der Waals surface area contributed by atoms with E-state index in [-0.39, 0.29) is 18.0 Å². The fourth-order valence-corrected chi connectivity index (χ4v) is 6.31. The van der Waals surface area contributed by atoms with E-state index in [2.05, 4.69) is 39.6 Å². The normalized spacial score (nSPS) is 15.3. The molecule has 1 aliphatic heterocycles. The van der Waals surface area contributed by atoms with Gasteiger partial charge in [-0.3, -0.25) is 9.69 Å². The van der Waals surface area contributed by atoms with Crippen molar-refractivity contribution < 1.29 is 14.3 Å². The second-order valence-corrected chi connectivity index (χ2v) is 11.7. The highest BCUT2D eigenvalue weighted by Crippen LogP contribution is 2.47. The number of thiophene rings is 1. The van der Waals surface area contributed by atoms with Gasteiger partial charge >= 0.3 is 6.03 Å². The van der Waals surface area contributed by atoms with Crippen LogP contribution in [0.3, 0.4) is 0 Å². The monoisotopic (exact) mass is 555 g/mol. The van der Waals surface area contributed by atoms with Gasteiger partial charge in [0.15, 0.2) is 0 Å². The van der Waals surface area contributed by atoms with Gasteiger partial charge in [0, 0.05) is 18.8 Å².